The van der Waals surface area contributed by atoms with Crippen molar-refractivity contribution >= 4 is 44.4 Å². The van der Waals surface area contributed by atoms with Crippen LogP contribution >= 0.6 is 35.7 Å². The number of carbonyl (C=O) groups excluding carboxylic acids is 1. The summed E-state index contributed by atoms with van der Waals surface area (Å²) < 4.78 is 0.796. The molecule has 0 aromatic heterocycles. The van der Waals surface area contributed by atoms with Crippen LogP contribution in [0.3, 0.4) is 0 Å². The summed E-state index contributed by atoms with van der Waals surface area (Å²) in [4.78, 5) is 11.5. The minimum absolute atomic E-state index is 0.0749. The first-order chi connectivity index (χ1) is 10.1. The van der Waals surface area contributed by atoms with Crippen LogP contribution in [0.2, 0.25) is 0 Å². The molecule has 0 rings (SSSR count). The monoisotopic (exact) mass is 348 g/mol. The minimum Gasteiger partial charge on any atom is -0.287 e. The quantitative estimate of drug-likeness (QED) is 0.283. The zero-order chi connectivity index (χ0) is 15.9. The Morgan fingerprint density at radius 1 is 0.905 bits per heavy atom. The molecular weight excluding hydrogens is 316 g/mol. The van der Waals surface area contributed by atoms with Crippen LogP contribution < -0.4 is 0 Å². The van der Waals surface area contributed by atoms with E-state index >= 15 is 0 Å². The predicted octanol–water partition coefficient (Wildman–Crippen LogP) is 6.84. The van der Waals surface area contributed by atoms with E-state index in [9.17, 15) is 4.79 Å². The SMILES string of the molecule is CCCCCCCCCCCCSC(=S)SC(=O)C(C)C. The molecule has 0 N–H and O–H groups in total. The van der Waals surface area contributed by atoms with E-state index in [1.807, 2.05) is 13.8 Å². The summed E-state index contributed by atoms with van der Waals surface area (Å²) in [5.74, 6) is 1.14. The summed E-state index contributed by atoms with van der Waals surface area (Å²) in [5, 5.41) is 0.190. The Morgan fingerprint density at radius 2 is 1.38 bits per heavy atom. The van der Waals surface area contributed by atoms with Crippen molar-refractivity contribution in [2.75, 3.05) is 5.75 Å². The van der Waals surface area contributed by atoms with E-state index in [-0.39, 0.29) is 11.0 Å². The van der Waals surface area contributed by atoms with Gasteiger partial charge in [-0.25, -0.2) is 0 Å². The fourth-order valence-electron chi connectivity index (χ4n) is 1.97. The Balaban J connectivity index is 3.25. The number of carbonyl (C=O) groups is 1. The first-order valence-corrected chi connectivity index (χ1v) is 10.7. The number of rotatable bonds is 12. The van der Waals surface area contributed by atoms with Crippen LogP contribution in [0, 0.1) is 5.92 Å². The average molecular weight is 349 g/mol. The fourth-order valence-corrected chi connectivity index (χ4v) is 4.12. The van der Waals surface area contributed by atoms with E-state index < -0.39 is 0 Å². The Morgan fingerprint density at radius 3 is 1.86 bits per heavy atom. The van der Waals surface area contributed by atoms with Crippen molar-refractivity contribution in [2.45, 2.75) is 85.0 Å². The van der Waals surface area contributed by atoms with E-state index in [1.165, 1.54) is 76.0 Å². The highest BCUT2D eigenvalue weighted by Gasteiger charge is 2.11. The van der Waals surface area contributed by atoms with Gasteiger partial charge >= 0.3 is 0 Å². The highest BCUT2D eigenvalue weighted by molar-refractivity contribution is 8.52. The van der Waals surface area contributed by atoms with E-state index in [0.29, 0.717) is 0 Å². The van der Waals surface area contributed by atoms with Gasteiger partial charge in [0.1, 0.15) is 3.53 Å². The summed E-state index contributed by atoms with van der Waals surface area (Å²) in [6.45, 7) is 6.11. The Labute approximate surface area is 145 Å². The van der Waals surface area contributed by atoms with Crippen molar-refractivity contribution in [3.63, 3.8) is 0 Å². The summed E-state index contributed by atoms with van der Waals surface area (Å²) in [7, 11) is 0. The first-order valence-electron chi connectivity index (χ1n) is 8.46. The van der Waals surface area contributed by atoms with Crippen molar-refractivity contribution in [2.24, 2.45) is 5.92 Å². The van der Waals surface area contributed by atoms with Crippen LogP contribution in [-0.2, 0) is 4.79 Å². The van der Waals surface area contributed by atoms with E-state index in [4.69, 9.17) is 12.2 Å². The molecule has 0 unspecified atom stereocenters. The van der Waals surface area contributed by atoms with E-state index in [2.05, 4.69) is 6.92 Å². The van der Waals surface area contributed by atoms with Gasteiger partial charge < -0.3 is 0 Å². The van der Waals surface area contributed by atoms with Gasteiger partial charge in [-0.3, -0.25) is 4.79 Å². The Hall–Kier alpha value is 0.460. The number of thiocarbonyl (C=S) groups is 1. The zero-order valence-electron chi connectivity index (χ0n) is 14.0. The lowest BCUT2D eigenvalue weighted by atomic mass is 10.1. The molecule has 0 aromatic rings. The molecule has 0 fully saturated rings. The van der Waals surface area contributed by atoms with Gasteiger partial charge in [0, 0.05) is 5.92 Å². The molecule has 0 heterocycles. The van der Waals surface area contributed by atoms with Gasteiger partial charge in [-0.1, -0.05) is 90.8 Å². The third-order valence-electron chi connectivity index (χ3n) is 3.37. The van der Waals surface area contributed by atoms with E-state index in [1.54, 1.807) is 11.8 Å². The van der Waals surface area contributed by atoms with Crippen molar-refractivity contribution in [3.8, 4) is 0 Å². The van der Waals surface area contributed by atoms with Gasteiger partial charge in [-0.15, -0.1) is 11.8 Å². The molecule has 21 heavy (non-hydrogen) atoms. The largest absolute Gasteiger partial charge is 0.287 e. The normalized spacial score (nSPS) is 11.0. The average Bonchev–Trinajstić information content (AvgIpc) is 2.44. The molecule has 0 bridgehead atoms. The molecular formula is C17H32OS3. The maximum atomic E-state index is 11.5. The molecule has 4 heteroatoms. The van der Waals surface area contributed by atoms with Gasteiger partial charge in [-0.05, 0) is 23.9 Å². The molecule has 0 atom stereocenters. The van der Waals surface area contributed by atoms with Crippen LogP contribution in [0.4, 0.5) is 0 Å². The molecule has 0 aliphatic rings. The molecule has 0 saturated heterocycles. The lowest BCUT2D eigenvalue weighted by Crippen LogP contribution is -2.03. The first kappa shape index (κ1) is 21.5. The molecule has 124 valence electrons. The van der Waals surface area contributed by atoms with Crippen LogP contribution in [-0.4, -0.2) is 14.4 Å². The Kier molecular flexibility index (Phi) is 15.7. The van der Waals surface area contributed by atoms with Crippen molar-refractivity contribution in [1.82, 2.24) is 0 Å². The van der Waals surface area contributed by atoms with Crippen LogP contribution in [0.1, 0.15) is 85.0 Å². The summed E-state index contributed by atoms with van der Waals surface area (Å²) >= 11 is 8.14. The van der Waals surface area contributed by atoms with Gasteiger partial charge in [0.25, 0.3) is 0 Å². The Bertz CT molecular complexity index is 277. The van der Waals surface area contributed by atoms with Gasteiger partial charge in [0.2, 0.25) is 0 Å². The summed E-state index contributed by atoms with van der Waals surface area (Å²) in [6.07, 6.45) is 13.6. The second-order valence-electron chi connectivity index (χ2n) is 5.86. The van der Waals surface area contributed by atoms with Gasteiger partial charge in [-0.2, -0.15) is 0 Å². The number of hydrogen-bond acceptors (Lipinski definition) is 4. The van der Waals surface area contributed by atoms with Gasteiger partial charge in [0.15, 0.2) is 5.12 Å². The molecule has 0 aliphatic heterocycles. The molecule has 0 spiro atoms. The van der Waals surface area contributed by atoms with Crippen LogP contribution in [0.5, 0.6) is 0 Å². The molecule has 0 radical (unpaired) electrons. The highest BCUT2D eigenvalue weighted by Crippen LogP contribution is 2.22. The number of thioether (sulfide) groups is 2. The summed E-state index contributed by atoms with van der Waals surface area (Å²) in [5.41, 5.74) is 0. The van der Waals surface area contributed by atoms with Crippen LogP contribution in [0.15, 0.2) is 0 Å². The number of hydrogen-bond donors (Lipinski definition) is 0. The van der Waals surface area contributed by atoms with Crippen molar-refractivity contribution in [1.29, 1.82) is 0 Å². The topological polar surface area (TPSA) is 17.1 Å². The third-order valence-corrected chi connectivity index (χ3v) is 6.15. The smallest absolute Gasteiger partial charge is 0.197 e. The summed E-state index contributed by atoms with van der Waals surface area (Å²) in [6, 6.07) is 0. The standard InChI is InChI=1S/C17H32OS3/c1-4-5-6-7-8-9-10-11-12-13-14-20-17(19)21-16(18)15(2)3/h15H,4-14H2,1-3H3. The van der Waals surface area contributed by atoms with Crippen molar-refractivity contribution in [3.05, 3.63) is 0 Å². The van der Waals surface area contributed by atoms with Gasteiger partial charge in [0.05, 0.1) is 0 Å². The lowest BCUT2D eigenvalue weighted by Gasteiger charge is -2.05. The van der Waals surface area contributed by atoms with Crippen molar-refractivity contribution < 1.29 is 4.79 Å². The van der Waals surface area contributed by atoms with Crippen LogP contribution in [0.25, 0.3) is 0 Å². The highest BCUT2D eigenvalue weighted by atomic mass is 32.2. The lowest BCUT2D eigenvalue weighted by molar-refractivity contribution is -0.113. The second kappa shape index (κ2) is 15.4. The third kappa shape index (κ3) is 15.1. The molecule has 0 aliphatic carbocycles. The predicted molar refractivity (Wildman–Crippen MR) is 104 cm³/mol. The second-order valence-corrected chi connectivity index (χ2v) is 9.16. The molecule has 0 amide bonds. The maximum Gasteiger partial charge on any atom is 0.197 e. The molecule has 0 saturated carbocycles. The molecule has 0 aromatic carbocycles. The maximum absolute atomic E-state index is 11.5. The minimum atomic E-state index is 0.0749. The molecule has 1 nitrogen and oxygen atoms in total. The number of unbranched alkanes of at least 4 members (excludes halogenated alkanes) is 9. The fraction of sp³-hybridized carbons (Fsp3) is 0.882. The zero-order valence-corrected chi connectivity index (χ0v) is 16.4. The van der Waals surface area contributed by atoms with E-state index in [0.717, 1.165) is 9.28 Å².